The van der Waals surface area contributed by atoms with Crippen molar-refractivity contribution < 1.29 is 18.4 Å². The third-order valence-electron chi connectivity index (χ3n) is 5.72. The zero-order valence-corrected chi connectivity index (χ0v) is 20.2. The Bertz CT molecular complexity index is 1330. The molecule has 178 valence electrons. The van der Waals surface area contributed by atoms with Crippen LogP contribution in [-0.4, -0.2) is 31.1 Å². The summed E-state index contributed by atoms with van der Waals surface area (Å²) < 4.78 is 28.5. The number of carbonyl (C=O) groups is 1. The molecule has 7 nitrogen and oxygen atoms in total. The van der Waals surface area contributed by atoms with Crippen molar-refractivity contribution in [2.45, 2.75) is 36.3 Å². The fourth-order valence-corrected chi connectivity index (χ4v) is 6.51. The molecule has 4 aromatic rings. The number of aromatic nitrogens is 1. The van der Waals surface area contributed by atoms with Crippen molar-refractivity contribution in [3.8, 4) is 11.1 Å². The first-order valence-corrected chi connectivity index (χ1v) is 13.5. The molecule has 0 atom stereocenters. The summed E-state index contributed by atoms with van der Waals surface area (Å²) in [6.45, 7) is 0.347. The molecule has 4 rings (SSSR count). The van der Waals surface area contributed by atoms with Crippen molar-refractivity contribution in [1.82, 2.24) is 10.5 Å². The highest BCUT2D eigenvalue weighted by molar-refractivity contribution is 7.94. The molecule has 0 bridgehead atoms. The van der Waals surface area contributed by atoms with E-state index >= 15 is 0 Å². The molecular formula is C25H27N3O4S2. The Morgan fingerprint density at radius 1 is 0.971 bits per heavy atom. The Kier molecular flexibility index (Phi) is 7.66. The third-order valence-corrected chi connectivity index (χ3v) is 8.92. The highest BCUT2D eigenvalue weighted by atomic mass is 32.2. The van der Waals surface area contributed by atoms with Crippen LogP contribution in [0.2, 0.25) is 0 Å². The number of H-pyrrole nitrogens is 1. The van der Waals surface area contributed by atoms with Gasteiger partial charge in [-0.05, 0) is 65.1 Å². The van der Waals surface area contributed by atoms with E-state index in [2.05, 4.69) is 23.2 Å². The van der Waals surface area contributed by atoms with E-state index in [1.54, 1.807) is 23.0 Å². The van der Waals surface area contributed by atoms with Crippen LogP contribution in [0.15, 0.2) is 76.4 Å². The SMILES string of the molecule is O=C(CCCCCCN(c1ccc(-c2ccc3cc[nH]c3c2)cc1)S(=O)(=O)c1cccs1)NO. The predicted octanol–water partition coefficient (Wildman–Crippen LogP) is 5.55. The van der Waals surface area contributed by atoms with Crippen LogP contribution in [0, 0.1) is 0 Å². The molecule has 0 aliphatic heterocycles. The lowest BCUT2D eigenvalue weighted by atomic mass is 10.0. The Hall–Kier alpha value is -3.14. The number of thiophene rings is 1. The number of hydrogen-bond donors (Lipinski definition) is 3. The number of benzene rings is 2. The first-order chi connectivity index (χ1) is 16.5. The average molecular weight is 498 g/mol. The Morgan fingerprint density at radius 2 is 1.74 bits per heavy atom. The van der Waals surface area contributed by atoms with E-state index in [-0.39, 0.29) is 6.42 Å². The number of amides is 1. The van der Waals surface area contributed by atoms with Gasteiger partial charge in [0, 0.05) is 24.7 Å². The van der Waals surface area contributed by atoms with Gasteiger partial charge in [0.1, 0.15) is 4.21 Å². The average Bonchev–Trinajstić information content (AvgIpc) is 3.55. The minimum absolute atomic E-state index is 0.253. The number of nitrogens with zero attached hydrogens (tertiary/aromatic N) is 1. The molecule has 0 spiro atoms. The van der Waals surface area contributed by atoms with E-state index in [4.69, 9.17) is 5.21 Å². The summed E-state index contributed by atoms with van der Waals surface area (Å²) in [5.41, 5.74) is 5.37. The van der Waals surface area contributed by atoms with Gasteiger partial charge in [-0.3, -0.25) is 14.3 Å². The predicted molar refractivity (Wildman–Crippen MR) is 136 cm³/mol. The second-order valence-electron chi connectivity index (χ2n) is 8.04. The molecule has 0 saturated carbocycles. The van der Waals surface area contributed by atoms with Crippen LogP contribution >= 0.6 is 11.3 Å². The summed E-state index contributed by atoms with van der Waals surface area (Å²) in [5, 5.41) is 11.5. The van der Waals surface area contributed by atoms with Crippen molar-refractivity contribution in [2.24, 2.45) is 0 Å². The zero-order chi connectivity index (χ0) is 24.0. The normalized spacial score (nSPS) is 11.6. The van der Waals surface area contributed by atoms with Gasteiger partial charge in [-0.1, -0.05) is 43.2 Å². The Labute approximate surface area is 203 Å². The van der Waals surface area contributed by atoms with Crippen LogP contribution in [0.5, 0.6) is 0 Å². The van der Waals surface area contributed by atoms with Crippen LogP contribution < -0.4 is 9.79 Å². The third kappa shape index (κ3) is 5.49. The molecular weight excluding hydrogens is 470 g/mol. The summed E-state index contributed by atoms with van der Waals surface area (Å²) in [7, 11) is -3.67. The highest BCUT2D eigenvalue weighted by Gasteiger charge is 2.25. The van der Waals surface area contributed by atoms with Gasteiger partial charge in [0.05, 0.1) is 5.69 Å². The lowest BCUT2D eigenvalue weighted by Crippen LogP contribution is -2.31. The van der Waals surface area contributed by atoms with Gasteiger partial charge in [-0.25, -0.2) is 13.9 Å². The number of sulfonamides is 1. The molecule has 0 radical (unpaired) electrons. The van der Waals surface area contributed by atoms with E-state index in [1.807, 2.05) is 36.5 Å². The zero-order valence-electron chi connectivity index (χ0n) is 18.6. The molecule has 0 fully saturated rings. The first-order valence-electron chi connectivity index (χ1n) is 11.2. The molecule has 0 aliphatic carbocycles. The molecule has 9 heteroatoms. The lowest BCUT2D eigenvalue weighted by Gasteiger charge is -2.24. The molecule has 0 unspecified atom stereocenters. The van der Waals surface area contributed by atoms with E-state index in [1.165, 1.54) is 15.6 Å². The fraction of sp³-hybridized carbons (Fsp3) is 0.240. The van der Waals surface area contributed by atoms with Crippen molar-refractivity contribution in [3.05, 3.63) is 72.2 Å². The van der Waals surface area contributed by atoms with Crippen LogP contribution in [0.1, 0.15) is 32.1 Å². The molecule has 2 aromatic carbocycles. The Balaban J connectivity index is 1.50. The van der Waals surface area contributed by atoms with E-state index in [0.29, 0.717) is 29.3 Å². The van der Waals surface area contributed by atoms with E-state index < -0.39 is 15.9 Å². The molecule has 0 aliphatic rings. The largest absolute Gasteiger partial charge is 0.361 e. The van der Waals surface area contributed by atoms with Crippen LogP contribution in [0.3, 0.4) is 0 Å². The first kappa shape index (κ1) is 24.0. The van der Waals surface area contributed by atoms with Crippen molar-refractivity contribution in [1.29, 1.82) is 0 Å². The number of nitrogens with one attached hydrogen (secondary N) is 2. The summed E-state index contributed by atoms with van der Waals surface area (Å²) in [5.74, 6) is -0.405. The minimum atomic E-state index is -3.67. The van der Waals surface area contributed by atoms with E-state index in [0.717, 1.165) is 34.9 Å². The second-order valence-corrected chi connectivity index (χ2v) is 11.1. The number of anilines is 1. The van der Waals surface area contributed by atoms with E-state index in [9.17, 15) is 13.2 Å². The van der Waals surface area contributed by atoms with Gasteiger partial charge in [-0.2, -0.15) is 0 Å². The maximum absolute atomic E-state index is 13.4. The van der Waals surface area contributed by atoms with Crippen molar-refractivity contribution in [2.75, 3.05) is 10.8 Å². The molecule has 2 heterocycles. The maximum Gasteiger partial charge on any atom is 0.273 e. The quantitative estimate of drug-likeness (QED) is 0.144. The number of rotatable bonds is 11. The summed E-state index contributed by atoms with van der Waals surface area (Å²) in [6, 6.07) is 19.2. The van der Waals surface area contributed by atoms with Gasteiger partial charge in [0.15, 0.2) is 0 Å². The number of carbonyl (C=O) groups excluding carboxylic acids is 1. The lowest BCUT2D eigenvalue weighted by molar-refractivity contribution is -0.129. The van der Waals surface area contributed by atoms with Crippen molar-refractivity contribution in [3.63, 3.8) is 0 Å². The summed E-state index contributed by atoms with van der Waals surface area (Å²) in [4.78, 5) is 14.4. The maximum atomic E-state index is 13.4. The number of hydrogen-bond acceptors (Lipinski definition) is 5. The molecule has 34 heavy (non-hydrogen) atoms. The smallest absolute Gasteiger partial charge is 0.273 e. The second kappa shape index (κ2) is 10.9. The van der Waals surface area contributed by atoms with Gasteiger partial charge in [-0.15, -0.1) is 11.3 Å². The van der Waals surface area contributed by atoms with Crippen LogP contribution in [0.4, 0.5) is 5.69 Å². The van der Waals surface area contributed by atoms with Gasteiger partial charge in [0.25, 0.3) is 10.0 Å². The molecule has 1 amide bonds. The van der Waals surface area contributed by atoms with Gasteiger partial charge < -0.3 is 4.98 Å². The standard InChI is InChI=1S/C25H27N3O4S2/c29-24(27-30)6-3-1-2-4-16-28(34(31,32)25-7-5-17-33-25)22-12-10-19(11-13-22)21-9-8-20-14-15-26-23(20)18-21/h5,7-15,17-18,26,30H,1-4,6,16H2,(H,27,29). The number of fused-ring (bicyclic) bond motifs is 1. The molecule has 3 N–H and O–H groups in total. The summed E-state index contributed by atoms with van der Waals surface area (Å²) >= 11 is 1.21. The highest BCUT2D eigenvalue weighted by Crippen LogP contribution is 2.30. The van der Waals surface area contributed by atoms with Crippen LogP contribution in [-0.2, 0) is 14.8 Å². The Morgan fingerprint density at radius 3 is 2.47 bits per heavy atom. The topological polar surface area (TPSA) is 103 Å². The molecule has 0 saturated heterocycles. The summed E-state index contributed by atoms with van der Waals surface area (Å²) in [6.07, 6.45) is 5.03. The number of unbranched alkanes of at least 4 members (excludes halogenated alkanes) is 3. The van der Waals surface area contributed by atoms with Gasteiger partial charge in [0.2, 0.25) is 5.91 Å². The minimum Gasteiger partial charge on any atom is -0.361 e. The van der Waals surface area contributed by atoms with Gasteiger partial charge >= 0.3 is 0 Å². The fourth-order valence-electron chi connectivity index (χ4n) is 3.90. The van der Waals surface area contributed by atoms with Crippen molar-refractivity contribution >= 4 is 43.9 Å². The van der Waals surface area contributed by atoms with Crippen LogP contribution in [0.25, 0.3) is 22.0 Å². The molecule has 2 aromatic heterocycles. The monoisotopic (exact) mass is 497 g/mol. The number of hydroxylamine groups is 1. The number of aromatic amines is 1.